The van der Waals surface area contributed by atoms with Crippen molar-refractivity contribution in [1.82, 2.24) is 29.3 Å². The minimum absolute atomic E-state index is 0.246. The van der Waals surface area contributed by atoms with Crippen LogP contribution in [0.15, 0.2) is 48.9 Å². The Kier molecular flexibility index (Phi) is 5.72. The van der Waals surface area contributed by atoms with Gasteiger partial charge in [0.1, 0.15) is 17.2 Å². The number of nitrogens with zero attached hydrogens (tertiary/aromatic N) is 7. The summed E-state index contributed by atoms with van der Waals surface area (Å²) in [5.74, 6) is 2.43. The second kappa shape index (κ2) is 9.17. The molecule has 1 fully saturated rings. The molecule has 1 aromatic carbocycles. The van der Waals surface area contributed by atoms with Gasteiger partial charge in [0, 0.05) is 37.4 Å². The zero-order valence-electron chi connectivity index (χ0n) is 20.4. The van der Waals surface area contributed by atoms with E-state index in [1.54, 1.807) is 13.4 Å². The number of aryl methyl sites for hydroxylation is 2. The van der Waals surface area contributed by atoms with Crippen LogP contribution in [0.2, 0.25) is 0 Å². The Bertz CT molecular complexity index is 1320. The quantitative estimate of drug-likeness (QED) is 0.420. The predicted molar refractivity (Wildman–Crippen MR) is 135 cm³/mol. The van der Waals surface area contributed by atoms with Crippen molar-refractivity contribution in [2.45, 2.75) is 51.5 Å². The molecule has 0 unspecified atom stereocenters. The van der Waals surface area contributed by atoms with Gasteiger partial charge in [-0.25, -0.2) is 19.6 Å². The van der Waals surface area contributed by atoms with Gasteiger partial charge in [-0.2, -0.15) is 0 Å². The predicted octanol–water partition coefficient (Wildman–Crippen LogP) is 4.76. The van der Waals surface area contributed by atoms with E-state index in [2.05, 4.69) is 38.8 Å². The lowest BCUT2D eigenvalue weighted by molar-refractivity contribution is 0.396. The van der Waals surface area contributed by atoms with Crippen molar-refractivity contribution in [2.24, 2.45) is 0 Å². The van der Waals surface area contributed by atoms with Gasteiger partial charge in [0.15, 0.2) is 5.82 Å². The number of hydrogen-bond acceptors (Lipinski definition) is 6. The summed E-state index contributed by atoms with van der Waals surface area (Å²) in [5.41, 5.74) is 5.13. The second-order valence-corrected chi connectivity index (χ2v) is 9.50. The SMILES string of the molecule is COc1nc(-c2nc3n(n2)CCC[C@@H]3c2ccc(N3CCCCC3)cc2)ccc1-n1cnc(C)c1. The molecular weight excluding hydrogens is 438 g/mol. The van der Waals surface area contributed by atoms with Crippen LogP contribution in [0.1, 0.15) is 55.1 Å². The maximum Gasteiger partial charge on any atom is 0.238 e. The lowest BCUT2D eigenvalue weighted by Crippen LogP contribution is -2.29. The Labute approximate surface area is 205 Å². The number of fused-ring (bicyclic) bond motifs is 1. The molecule has 2 aliphatic heterocycles. The fourth-order valence-corrected chi connectivity index (χ4v) is 5.30. The molecule has 1 atom stereocenters. The summed E-state index contributed by atoms with van der Waals surface area (Å²) in [6, 6.07) is 13.1. The van der Waals surface area contributed by atoms with Gasteiger partial charge < -0.3 is 14.2 Å². The zero-order valence-corrected chi connectivity index (χ0v) is 20.4. The summed E-state index contributed by atoms with van der Waals surface area (Å²) in [6.45, 7) is 5.17. The molecular formula is C27H31N7O. The first-order chi connectivity index (χ1) is 17.2. The van der Waals surface area contributed by atoms with Gasteiger partial charge in [-0.3, -0.25) is 0 Å². The van der Waals surface area contributed by atoms with Crippen LogP contribution in [-0.2, 0) is 6.54 Å². The average molecular weight is 470 g/mol. The minimum Gasteiger partial charge on any atom is -0.479 e. The molecule has 0 aliphatic carbocycles. The van der Waals surface area contributed by atoms with Crippen LogP contribution in [0.25, 0.3) is 17.2 Å². The Balaban J connectivity index is 1.29. The van der Waals surface area contributed by atoms with Crippen molar-refractivity contribution in [2.75, 3.05) is 25.1 Å². The fraction of sp³-hybridized carbons (Fsp3) is 0.407. The molecule has 0 bridgehead atoms. The summed E-state index contributed by atoms with van der Waals surface area (Å²) in [5, 5.41) is 4.83. The molecule has 0 N–H and O–H groups in total. The first kappa shape index (κ1) is 21.8. The number of methoxy groups -OCH3 is 1. The van der Waals surface area contributed by atoms with Gasteiger partial charge in [-0.1, -0.05) is 12.1 Å². The highest BCUT2D eigenvalue weighted by Crippen LogP contribution is 2.35. The van der Waals surface area contributed by atoms with E-state index < -0.39 is 0 Å². The number of anilines is 1. The van der Waals surface area contributed by atoms with Crippen molar-refractivity contribution < 1.29 is 4.74 Å². The van der Waals surface area contributed by atoms with Crippen LogP contribution >= 0.6 is 0 Å². The third-order valence-electron chi connectivity index (χ3n) is 7.14. The molecule has 0 saturated carbocycles. The Morgan fingerprint density at radius 2 is 1.74 bits per heavy atom. The number of rotatable bonds is 5. The molecule has 0 amide bonds. The number of aromatic nitrogens is 6. The highest BCUT2D eigenvalue weighted by Gasteiger charge is 2.27. The molecule has 2 aliphatic rings. The van der Waals surface area contributed by atoms with Gasteiger partial charge in [0.05, 0.1) is 19.1 Å². The molecule has 0 radical (unpaired) electrons. The molecule has 0 spiro atoms. The van der Waals surface area contributed by atoms with Crippen LogP contribution < -0.4 is 9.64 Å². The van der Waals surface area contributed by atoms with Gasteiger partial charge in [0.2, 0.25) is 5.88 Å². The molecule has 5 heterocycles. The summed E-state index contributed by atoms with van der Waals surface area (Å²) in [7, 11) is 1.63. The first-order valence-electron chi connectivity index (χ1n) is 12.6. The monoisotopic (exact) mass is 469 g/mol. The van der Waals surface area contributed by atoms with Crippen LogP contribution in [-0.4, -0.2) is 49.5 Å². The summed E-state index contributed by atoms with van der Waals surface area (Å²) >= 11 is 0. The van der Waals surface area contributed by atoms with E-state index in [1.165, 1.54) is 30.5 Å². The number of piperidine rings is 1. The Morgan fingerprint density at radius 3 is 2.49 bits per heavy atom. The number of hydrogen-bond donors (Lipinski definition) is 0. The van der Waals surface area contributed by atoms with E-state index >= 15 is 0 Å². The van der Waals surface area contributed by atoms with Crippen molar-refractivity contribution in [1.29, 1.82) is 0 Å². The molecule has 8 nitrogen and oxygen atoms in total. The summed E-state index contributed by atoms with van der Waals surface area (Å²) < 4.78 is 9.57. The second-order valence-electron chi connectivity index (χ2n) is 9.50. The van der Waals surface area contributed by atoms with Crippen LogP contribution in [0.4, 0.5) is 5.69 Å². The normalized spacial score (nSPS) is 17.9. The van der Waals surface area contributed by atoms with Gasteiger partial charge in [0.25, 0.3) is 0 Å². The number of imidazole rings is 1. The van der Waals surface area contributed by atoms with Crippen molar-refractivity contribution >= 4 is 5.69 Å². The molecule has 35 heavy (non-hydrogen) atoms. The molecule has 180 valence electrons. The smallest absolute Gasteiger partial charge is 0.238 e. The van der Waals surface area contributed by atoms with E-state index in [0.29, 0.717) is 17.4 Å². The lowest BCUT2D eigenvalue weighted by Gasteiger charge is -2.29. The molecule has 8 heteroatoms. The van der Waals surface area contributed by atoms with Gasteiger partial charge in [-0.15, -0.1) is 5.10 Å². The summed E-state index contributed by atoms with van der Waals surface area (Å²) in [6.07, 6.45) is 9.81. The lowest BCUT2D eigenvalue weighted by atomic mass is 9.91. The Hall–Kier alpha value is -3.68. The topological polar surface area (TPSA) is 73.9 Å². The van der Waals surface area contributed by atoms with Crippen molar-refractivity contribution in [3.05, 3.63) is 66.0 Å². The average Bonchev–Trinajstić information content (AvgIpc) is 3.55. The zero-order chi connectivity index (χ0) is 23.8. The number of ether oxygens (including phenoxy) is 1. The third kappa shape index (κ3) is 4.17. The van der Waals surface area contributed by atoms with E-state index in [1.807, 2.05) is 29.8 Å². The number of benzene rings is 1. The van der Waals surface area contributed by atoms with E-state index in [-0.39, 0.29) is 5.92 Å². The highest BCUT2D eigenvalue weighted by atomic mass is 16.5. The van der Waals surface area contributed by atoms with E-state index in [9.17, 15) is 0 Å². The maximum absolute atomic E-state index is 5.60. The molecule has 1 saturated heterocycles. The van der Waals surface area contributed by atoms with Crippen molar-refractivity contribution in [3.63, 3.8) is 0 Å². The third-order valence-corrected chi connectivity index (χ3v) is 7.14. The first-order valence-corrected chi connectivity index (χ1v) is 12.6. The van der Waals surface area contributed by atoms with Crippen molar-refractivity contribution in [3.8, 4) is 23.1 Å². The van der Waals surface area contributed by atoms with Gasteiger partial charge in [-0.05, 0) is 68.9 Å². The van der Waals surface area contributed by atoms with Crippen LogP contribution in [0.3, 0.4) is 0 Å². The molecule has 3 aromatic heterocycles. The molecule has 6 rings (SSSR count). The fourth-order valence-electron chi connectivity index (χ4n) is 5.30. The van der Waals surface area contributed by atoms with Crippen LogP contribution in [0.5, 0.6) is 5.88 Å². The highest BCUT2D eigenvalue weighted by molar-refractivity contribution is 5.56. The standard InChI is InChI=1S/C27H31N7O/c1-19-17-33(18-28-19)24-13-12-23(29-27(24)35-2)25-30-26-22(7-6-16-34(26)31-25)20-8-10-21(11-9-20)32-14-4-3-5-15-32/h8-13,17-18,22H,3-7,14-16H2,1-2H3/t22-/m1/s1. The minimum atomic E-state index is 0.246. The van der Waals surface area contributed by atoms with Crippen LogP contribution in [0, 0.1) is 6.92 Å². The number of pyridine rings is 1. The largest absolute Gasteiger partial charge is 0.479 e. The van der Waals surface area contributed by atoms with Gasteiger partial charge >= 0.3 is 0 Å². The van der Waals surface area contributed by atoms with E-state index in [4.69, 9.17) is 19.8 Å². The Morgan fingerprint density at radius 1 is 0.914 bits per heavy atom. The maximum atomic E-state index is 5.60. The van der Waals surface area contributed by atoms with E-state index in [0.717, 1.165) is 49.7 Å². The molecule has 4 aromatic rings. The summed E-state index contributed by atoms with van der Waals surface area (Å²) in [4.78, 5) is 16.5.